The van der Waals surface area contributed by atoms with Crippen molar-refractivity contribution in [3.8, 4) is 0 Å². The normalized spacial score (nSPS) is 9.40. The first-order valence-electron chi connectivity index (χ1n) is 2.62. The van der Waals surface area contributed by atoms with E-state index in [0.29, 0.717) is 4.34 Å². The Morgan fingerprint density at radius 3 is 2.80 bits per heavy atom. The van der Waals surface area contributed by atoms with E-state index in [0.717, 1.165) is 4.88 Å². The average Bonchev–Trinajstić information content (AvgIpc) is 2.34. The van der Waals surface area contributed by atoms with Crippen LogP contribution in [0.4, 0.5) is 0 Å². The molecular formula is C6H6ClNOS. The third kappa shape index (κ3) is 1.49. The largest absolute Gasteiger partial charge is 0.480 e. The third-order valence-corrected chi connectivity index (χ3v) is 2.23. The Kier molecular flexibility index (Phi) is 2.29. The van der Waals surface area contributed by atoms with Gasteiger partial charge in [-0.2, -0.15) is 0 Å². The van der Waals surface area contributed by atoms with Gasteiger partial charge in [0, 0.05) is 0 Å². The van der Waals surface area contributed by atoms with Gasteiger partial charge in [-0.05, 0) is 12.1 Å². The minimum absolute atomic E-state index is 0.164. The average molecular weight is 176 g/mol. The highest BCUT2D eigenvalue weighted by Gasteiger charge is 2.02. The van der Waals surface area contributed by atoms with Crippen molar-refractivity contribution >= 4 is 28.8 Å². The van der Waals surface area contributed by atoms with Gasteiger partial charge < -0.3 is 4.74 Å². The van der Waals surface area contributed by atoms with Crippen LogP contribution in [-0.2, 0) is 4.74 Å². The summed E-state index contributed by atoms with van der Waals surface area (Å²) in [5.74, 6) is 0.164. The Hall–Kier alpha value is -0.540. The summed E-state index contributed by atoms with van der Waals surface area (Å²) in [5, 5.41) is 7.22. The quantitative estimate of drug-likeness (QED) is 0.516. The third-order valence-electron chi connectivity index (χ3n) is 1.00. The molecular weight excluding hydrogens is 170 g/mol. The van der Waals surface area contributed by atoms with Crippen molar-refractivity contribution in [3.63, 3.8) is 0 Å². The molecule has 54 valence electrons. The Bertz CT molecular complexity index is 246. The molecule has 1 heterocycles. The molecule has 0 saturated carbocycles. The van der Waals surface area contributed by atoms with Crippen molar-refractivity contribution in [3.05, 3.63) is 21.3 Å². The van der Waals surface area contributed by atoms with Crippen LogP contribution < -0.4 is 0 Å². The molecule has 1 aromatic heterocycles. The van der Waals surface area contributed by atoms with Gasteiger partial charge in [0.15, 0.2) is 0 Å². The lowest BCUT2D eigenvalue weighted by Crippen LogP contribution is -1.96. The first kappa shape index (κ1) is 7.57. The Morgan fingerprint density at radius 2 is 2.40 bits per heavy atom. The topological polar surface area (TPSA) is 33.1 Å². The summed E-state index contributed by atoms with van der Waals surface area (Å²) in [6, 6.07) is 3.51. The maximum Gasteiger partial charge on any atom is 0.223 e. The number of rotatable bonds is 1. The van der Waals surface area contributed by atoms with Crippen LogP contribution in [0.2, 0.25) is 4.34 Å². The van der Waals surface area contributed by atoms with E-state index in [4.69, 9.17) is 17.0 Å². The van der Waals surface area contributed by atoms with Gasteiger partial charge in [0.05, 0.1) is 16.3 Å². The molecule has 0 aliphatic rings. The number of halogens is 1. The Balaban J connectivity index is 2.85. The molecule has 0 atom stereocenters. The van der Waals surface area contributed by atoms with Crippen molar-refractivity contribution in [1.29, 1.82) is 5.41 Å². The summed E-state index contributed by atoms with van der Waals surface area (Å²) >= 11 is 6.96. The lowest BCUT2D eigenvalue weighted by atomic mass is 10.5. The number of hydrogen-bond donors (Lipinski definition) is 1. The summed E-state index contributed by atoms with van der Waals surface area (Å²) in [4.78, 5) is 0.757. The van der Waals surface area contributed by atoms with E-state index >= 15 is 0 Å². The second-order valence-electron chi connectivity index (χ2n) is 1.64. The highest BCUT2D eigenvalue weighted by Crippen LogP contribution is 2.21. The zero-order valence-electron chi connectivity index (χ0n) is 5.35. The fourth-order valence-corrected chi connectivity index (χ4v) is 1.51. The summed E-state index contributed by atoms with van der Waals surface area (Å²) < 4.78 is 5.36. The van der Waals surface area contributed by atoms with E-state index in [1.165, 1.54) is 18.4 Å². The lowest BCUT2D eigenvalue weighted by Gasteiger charge is -1.94. The molecule has 1 aromatic rings. The molecule has 1 N–H and O–H groups in total. The number of methoxy groups -OCH3 is 1. The summed E-state index contributed by atoms with van der Waals surface area (Å²) in [7, 11) is 1.47. The first-order chi connectivity index (χ1) is 4.74. The molecule has 0 bridgehead atoms. The predicted molar refractivity (Wildman–Crippen MR) is 43.2 cm³/mol. The van der Waals surface area contributed by atoms with E-state index in [2.05, 4.69) is 4.74 Å². The molecule has 10 heavy (non-hydrogen) atoms. The van der Waals surface area contributed by atoms with Crippen LogP contribution in [0.5, 0.6) is 0 Å². The van der Waals surface area contributed by atoms with Crippen LogP contribution in [0.1, 0.15) is 4.88 Å². The minimum atomic E-state index is 0.164. The van der Waals surface area contributed by atoms with Gasteiger partial charge in [-0.3, -0.25) is 5.41 Å². The molecule has 0 fully saturated rings. The summed E-state index contributed by atoms with van der Waals surface area (Å²) in [6.45, 7) is 0. The molecule has 1 rings (SSSR count). The molecule has 0 amide bonds. The molecule has 0 aliphatic carbocycles. The first-order valence-corrected chi connectivity index (χ1v) is 3.81. The Morgan fingerprint density at radius 1 is 1.70 bits per heavy atom. The SMILES string of the molecule is COC(=N)c1ccc(Cl)s1. The second kappa shape index (κ2) is 3.03. The molecule has 0 unspecified atom stereocenters. The van der Waals surface area contributed by atoms with Gasteiger partial charge >= 0.3 is 0 Å². The van der Waals surface area contributed by atoms with E-state index in [1.54, 1.807) is 12.1 Å². The van der Waals surface area contributed by atoms with Crippen molar-refractivity contribution < 1.29 is 4.74 Å². The minimum Gasteiger partial charge on any atom is -0.480 e. The standard InChI is InChI=1S/C6H6ClNOS/c1-9-6(8)4-2-3-5(7)10-4/h2-3,8H,1H3. The van der Waals surface area contributed by atoms with Gasteiger partial charge in [0.2, 0.25) is 5.90 Å². The smallest absolute Gasteiger partial charge is 0.223 e. The van der Waals surface area contributed by atoms with Crippen LogP contribution in [0.25, 0.3) is 0 Å². The van der Waals surface area contributed by atoms with E-state index in [-0.39, 0.29) is 5.90 Å². The van der Waals surface area contributed by atoms with Gasteiger partial charge in [-0.25, -0.2) is 0 Å². The van der Waals surface area contributed by atoms with Crippen molar-refractivity contribution in [2.75, 3.05) is 7.11 Å². The maximum absolute atomic E-state index is 7.22. The van der Waals surface area contributed by atoms with Gasteiger partial charge in [0.25, 0.3) is 0 Å². The molecule has 0 aliphatic heterocycles. The highest BCUT2D eigenvalue weighted by atomic mass is 35.5. The number of thiophene rings is 1. The van der Waals surface area contributed by atoms with Crippen LogP contribution in [0, 0.1) is 5.41 Å². The fraction of sp³-hybridized carbons (Fsp3) is 0.167. The van der Waals surface area contributed by atoms with Gasteiger partial charge in [-0.1, -0.05) is 11.6 Å². The zero-order valence-corrected chi connectivity index (χ0v) is 6.92. The number of ether oxygens (including phenoxy) is 1. The van der Waals surface area contributed by atoms with Crippen LogP contribution >= 0.6 is 22.9 Å². The molecule has 2 nitrogen and oxygen atoms in total. The summed E-state index contributed by atoms with van der Waals surface area (Å²) in [5.41, 5.74) is 0. The van der Waals surface area contributed by atoms with Crippen molar-refractivity contribution in [2.24, 2.45) is 0 Å². The summed E-state index contributed by atoms with van der Waals surface area (Å²) in [6.07, 6.45) is 0. The van der Waals surface area contributed by atoms with Crippen molar-refractivity contribution in [2.45, 2.75) is 0 Å². The fourth-order valence-electron chi connectivity index (χ4n) is 0.537. The lowest BCUT2D eigenvalue weighted by molar-refractivity contribution is 0.402. The van der Waals surface area contributed by atoms with Crippen LogP contribution in [-0.4, -0.2) is 13.0 Å². The van der Waals surface area contributed by atoms with Gasteiger partial charge in [0.1, 0.15) is 0 Å². The number of nitrogens with one attached hydrogen (secondary N) is 1. The predicted octanol–water partition coefficient (Wildman–Crippen LogP) is 2.37. The van der Waals surface area contributed by atoms with Gasteiger partial charge in [-0.15, -0.1) is 11.3 Å². The highest BCUT2D eigenvalue weighted by molar-refractivity contribution is 7.17. The van der Waals surface area contributed by atoms with E-state index < -0.39 is 0 Å². The van der Waals surface area contributed by atoms with E-state index in [9.17, 15) is 0 Å². The Labute approximate surface area is 67.9 Å². The maximum atomic E-state index is 7.22. The number of hydrogen-bond acceptors (Lipinski definition) is 3. The second-order valence-corrected chi connectivity index (χ2v) is 3.35. The molecule has 0 saturated heterocycles. The van der Waals surface area contributed by atoms with Crippen LogP contribution in [0.3, 0.4) is 0 Å². The monoisotopic (exact) mass is 175 g/mol. The molecule has 0 radical (unpaired) electrons. The molecule has 4 heteroatoms. The van der Waals surface area contributed by atoms with E-state index in [1.807, 2.05) is 0 Å². The zero-order chi connectivity index (χ0) is 7.56. The van der Waals surface area contributed by atoms with Crippen LogP contribution in [0.15, 0.2) is 12.1 Å². The van der Waals surface area contributed by atoms with Crippen molar-refractivity contribution in [1.82, 2.24) is 0 Å². The molecule has 0 spiro atoms. The molecule has 0 aromatic carbocycles.